The van der Waals surface area contributed by atoms with E-state index in [4.69, 9.17) is 11.5 Å². The van der Waals surface area contributed by atoms with Gasteiger partial charge in [-0.2, -0.15) is 30.1 Å². The maximum atomic E-state index is 13.3. The summed E-state index contributed by atoms with van der Waals surface area (Å²) in [6.07, 6.45) is -5.08. The molecule has 1 unspecified atom stereocenters. The highest BCUT2D eigenvalue weighted by Gasteiger charge is 2.31. The van der Waals surface area contributed by atoms with E-state index in [2.05, 4.69) is 23.3 Å². The third kappa shape index (κ3) is 11.3. The van der Waals surface area contributed by atoms with Crippen LogP contribution in [0.15, 0.2) is 53.4 Å². The monoisotopic (exact) mass is 674 g/mol. The van der Waals surface area contributed by atoms with E-state index in [1.54, 1.807) is 26.0 Å². The first-order valence-electron chi connectivity index (χ1n) is 14.3. The minimum Gasteiger partial charge on any atom is -0.350 e. The summed E-state index contributed by atoms with van der Waals surface area (Å²) in [6, 6.07) is 7.51. The molecule has 2 rings (SSSR count). The van der Waals surface area contributed by atoms with Crippen LogP contribution in [0.3, 0.4) is 0 Å². The fourth-order valence-corrected chi connectivity index (χ4v) is 6.10. The summed E-state index contributed by atoms with van der Waals surface area (Å²) in [4.78, 5) is 40.4. The fraction of sp³-hybridized carbons (Fsp3) is 0.483. The molecule has 16 heteroatoms. The molecule has 0 aliphatic heterocycles. The van der Waals surface area contributed by atoms with Crippen molar-refractivity contribution in [3.05, 3.63) is 65.2 Å². The van der Waals surface area contributed by atoms with Crippen molar-refractivity contribution in [3.8, 4) is 0 Å². The summed E-state index contributed by atoms with van der Waals surface area (Å²) >= 11 is 4.11. The van der Waals surface area contributed by atoms with Gasteiger partial charge in [-0.1, -0.05) is 38.1 Å². The average molecular weight is 675 g/mol. The lowest BCUT2D eigenvalue weighted by molar-refractivity contribution is -0.137. The van der Waals surface area contributed by atoms with Crippen molar-refractivity contribution in [1.29, 1.82) is 0 Å². The molecule has 2 atom stereocenters. The maximum absolute atomic E-state index is 13.3. The molecule has 6 N–H and O–H groups in total. The summed E-state index contributed by atoms with van der Waals surface area (Å²) in [5, 5.41) is 5.18. The predicted octanol–water partition coefficient (Wildman–Crippen LogP) is 1.51. The van der Waals surface area contributed by atoms with Gasteiger partial charge in [0.15, 0.2) is 0 Å². The van der Waals surface area contributed by atoms with Gasteiger partial charge in [0.05, 0.1) is 22.9 Å². The molecule has 2 aromatic rings. The largest absolute Gasteiger partial charge is 0.416 e. The Hall–Kier alpha value is -3.18. The Kier molecular flexibility index (Phi) is 14.8. The summed E-state index contributed by atoms with van der Waals surface area (Å²) in [5.41, 5.74) is 11.6. The van der Waals surface area contributed by atoms with Crippen LogP contribution in [0.4, 0.5) is 13.2 Å². The predicted molar refractivity (Wildman–Crippen MR) is 168 cm³/mol. The summed E-state index contributed by atoms with van der Waals surface area (Å²) in [5.74, 6) is -1.52. The number of nitrogens with two attached hydrogens (primary N) is 2. The smallest absolute Gasteiger partial charge is 0.350 e. The van der Waals surface area contributed by atoms with Crippen LogP contribution < -0.4 is 22.1 Å². The topological polar surface area (TPSA) is 168 Å². The van der Waals surface area contributed by atoms with Gasteiger partial charge < -0.3 is 27.0 Å². The molecule has 0 bridgehead atoms. The minimum absolute atomic E-state index is 0.0356. The second kappa shape index (κ2) is 17.5. The van der Waals surface area contributed by atoms with Gasteiger partial charge in [-0.15, -0.1) is 0 Å². The van der Waals surface area contributed by atoms with Crippen LogP contribution in [-0.4, -0.2) is 85.9 Å². The zero-order chi connectivity index (χ0) is 33.8. The molecule has 0 aliphatic carbocycles. The number of sulfonamides is 1. The highest BCUT2D eigenvalue weighted by atomic mass is 32.2. The Morgan fingerprint density at radius 1 is 0.933 bits per heavy atom. The van der Waals surface area contributed by atoms with Crippen LogP contribution in [0.5, 0.6) is 0 Å². The first kappa shape index (κ1) is 38.0. The van der Waals surface area contributed by atoms with Crippen LogP contribution >= 0.6 is 12.6 Å². The Bertz CT molecular complexity index is 1370. The second-order valence-corrected chi connectivity index (χ2v) is 12.5. The van der Waals surface area contributed by atoms with E-state index >= 15 is 0 Å². The molecule has 0 aliphatic rings. The zero-order valence-electron chi connectivity index (χ0n) is 25.2. The van der Waals surface area contributed by atoms with Crippen molar-refractivity contribution in [1.82, 2.24) is 19.8 Å². The number of hydrogen-bond donors (Lipinski definition) is 5. The summed E-state index contributed by atoms with van der Waals surface area (Å²) < 4.78 is 65.9. The van der Waals surface area contributed by atoms with Crippen LogP contribution in [0, 0.1) is 0 Å². The first-order chi connectivity index (χ1) is 21.2. The molecule has 45 heavy (non-hydrogen) atoms. The number of carbonyl (C=O) groups excluding carboxylic acids is 3. The number of amides is 3. The number of alkyl halides is 3. The Morgan fingerprint density at radius 3 is 2.02 bits per heavy atom. The number of halogens is 3. The van der Waals surface area contributed by atoms with Gasteiger partial charge in [0.2, 0.25) is 27.7 Å². The maximum Gasteiger partial charge on any atom is 0.416 e. The van der Waals surface area contributed by atoms with Crippen LogP contribution in [-0.2, 0) is 43.5 Å². The number of thiol groups is 1. The fourth-order valence-electron chi connectivity index (χ4n) is 4.41. The first-order valence-corrected chi connectivity index (χ1v) is 16.4. The Balaban J connectivity index is 2.20. The van der Waals surface area contributed by atoms with E-state index in [1.807, 2.05) is 0 Å². The highest BCUT2D eigenvalue weighted by Crippen LogP contribution is 2.29. The van der Waals surface area contributed by atoms with Gasteiger partial charge in [-0.3, -0.25) is 14.4 Å². The molecule has 2 aromatic carbocycles. The standard InChI is InChI=1S/C29H41F3N6O5S2/c1-3-38(4-2)45(42,43)23-11-7-21(8-12-23)19-35-28(41)25(17-20-5-9-22(10-6-20)29(30,31)32)36-27(40)24(34)18-26(39)37(14-13-33)15-16-44/h5-12,24-25,44H,3-4,13-19,33-34H2,1-2H3,(H,35,41)(H,36,40)/t24?,25-/m0/s1. The van der Waals surface area contributed by atoms with Crippen molar-refractivity contribution in [2.45, 2.75) is 56.4 Å². The Morgan fingerprint density at radius 2 is 1.51 bits per heavy atom. The Labute approximate surface area is 267 Å². The van der Waals surface area contributed by atoms with Gasteiger partial charge in [-0.05, 0) is 35.4 Å². The third-order valence-corrected chi connectivity index (χ3v) is 9.20. The van der Waals surface area contributed by atoms with E-state index in [0.717, 1.165) is 12.1 Å². The SMILES string of the molecule is CCN(CC)S(=O)(=O)c1ccc(CNC(=O)[C@H](Cc2ccc(C(F)(F)F)cc2)NC(=O)C(N)CC(=O)N(CCN)CCS)cc1. The normalized spacial score (nSPS) is 13.3. The summed E-state index contributed by atoms with van der Waals surface area (Å²) in [6.45, 7) is 4.79. The number of hydrogen-bond acceptors (Lipinski definition) is 8. The lowest BCUT2D eigenvalue weighted by Gasteiger charge is -2.24. The van der Waals surface area contributed by atoms with Crippen LogP contribution in [0.2, 0.25) is 0 Å². The van der Waals surface area contributed by atoms with Crippen molar-refractivity contribution in [3.63, 3.8) is 0 Å². The van der Waals surface area contributed by atoms with E-state index < -0.39 is 51.6 Å². The molecule has 0 saturated carbocycles. The molecule has 3 amide bonds. The van der Waals surface area contributed by atoms with E-state index in [1.165, 1.54) is 33.5 Å². The van der Waals surface area contributed by atoms with Crippen LogP contribution in [0.1, 0.15) is 37.0 Å². The molecular formula is C29H41F3N6O5S2. The molecule has 0 spiro atoms. The van der Waals surface area contributed by atoms with E-state index in [-0.39, 0.29) is 37.4 Å². The van der Waals surface area contributed by atoms with Gasteiger partial charge in [0.1, 0.15) is 6.04 Å². The number of nitrogens with zero attached hydrogens (tertiary/aromatic N) is 2. The molecule has 0 radical (unpaired) electrons. The van der Waals surface area contributed by atoms with Crippen molar-refractivity contribution in [2.24, 2.45) is 11.5 Å². The van der Waals surface area contributed by atoms with Crippen LogP contribution in [0.25, 0.3) is 0 Å². The van der Waals surface area contributed by atoms with Crippen molar-refractivity contribution >= 4 is 40.4 Å². The van der Waals surface area contributed by atoms with E-state index in [0.29, 0.717) is 36.5 Å². The number of benzene rings is 2. The second-order valence-electron chi connectivity index (χ2n) is 10.1. The molecule has 0 heterocycles. The van der Waals surface area contributed by atoms with E-state index in [9.17, 15) is 36.0 Å². The number of carbonyl (C=O) groups is 3. The lowest BCUT2D eigenvalue weighted by atomic mass is 10.0. The number of nitrogens with one attached hydrogen (secondary N) is 2. The molecule has 0 aromatic heterocycles. The van der Waals surface area contributed by atoms with Crippen molar-refractivity contribution in [2.75, 3.05) is 38.5 Å². The zero-order valence-corrected chi connectivity index (χ0v) is 26.9. The molecule has 250 valence electrons. The average Bonchev–Trinajstić information content (AvgIpc) is 2.99. The van der Waals surface area contributed by atoms with Gasteiger partial charge in [0.25, 0.3) is 0 Å². The van der Waals surface area contributed by atoms with Gasteiger partial charge in [-0.25, -0.2) is 8.42 Å². The highest BCUT2D eigenvalue weighted by molar-refractivity contribution is 7.89. The minimum atomic E-state index is -4.55. The molecule has 0 fully saturated rings. The van der Waals surface area contributed by atoms with Gasteiger partial charge in [0, 0.05) is 51.4 Å². The van der Waals surface area contributed by atoms with Crippen molar-refractivity contribution < 1.29 is 36.0 Å². The number of rotatable bonds is 17. The van der Waals surface area contributed by atoms with Gasteiger partial charge >= 0.3 is 6.18 Å². The summed E-state index contributed by atoms with van der Waals surface area (Å²) in [7, 11) is -3.67. The molecule has 11 nitrogen and oxygen atoms in total. The quantitative estimate of drug-likeness (QED) is 0.159. The lowest BCUT2D eigenvalue weighted by Crippen LogP contribution is -2.53. The third-order valence-electron chi connectivity index (χ3n) is 6.94. The molecular weight excluding hydrogens is 633 g/mol. The molecule has 0 saturated heterocycles.